The molecule has 1 aromatic rings. The summed E-state index contributed by atoms with van der Waals surface area (Å²) >= 11 is 0. The summed E-state index contributed by atoms with van der Waals surface area (Å²) < 4.78 is 5.22. The van der Waals surface area contributed by atoms with Gasteiger partial charge in [-0.25, -0.2) is 5.84 Å². The molecule has 19 heavy (non-hydrogen) atoms. The van der Waals surface area contributed by atoms with Crippen LogP contribution in [0.15, 0.2) is 10.6 Å². The summed E-state index contributed by atoms with van der Waals surface area (Å²) in [6.45, 7) is 1.86. The number of fused-ring (bicyclic) bond motifs is 1. The second kappa shape index (κ2) is 5.30. The predicted octanol–water partition coefficient (Wildman–Crippen LogP) is 1.04. The van der Waals surface area contributed by atoms with Crippen molar-refractivity contribution in [2.24, 2.45) is 11.8 Å². The number of hydrogen-bond acceptors (Lipinski definition) is 5. The first-order valence-electron chi connectivity index (χ1n) is 6.98. The van der Waals surface area contributed by atoms with E-state index in [1.165, 1.54) is 32.1 Å². The quantitative estimate of drug-likeness (QED) is 0.484. The van der Waals surface area contributed by atoms with Gasteiger partial charge in [0.1, 0.15) is 0 Å². The SMILES string of the molecule is NNC(=O)c1cc(CN2CCC3CCCCC32)on1. The average molecular weight is 264 g/mol. The summed E-state index contributed by atoms with van der Waals surface area (Å²) in [4.78, 5) is 13.8. The number of hydrogen-bond donors (Lipinski definition) is 2. The minimum Gasteiger partial charge on any atom is -0.359 e. The number of likely N-dealkylation sites (tertiary alicyclic amines) is 1. The molecule has 1 aromatic heterocycles. The van der Waals surface area contributed by atoms with Crippen LogP contribution < -0.4 is 11.3 Å². The number of nitrogens with zero attached hydrogens (tertiary/aromatic N) is 2. The molecule has 2 fully saturated rings. The van der Waals surface area contributed by atoms with Gasteiger partial charge in [0.2, 0.25) is 0 Å². The van der Waals surface area contributed by atoms with Crippen molar-refractivity contribution in [1.29, 1.82) is 0 Å². The molecule has 0 spiro atoms. The van der Waals surface area contributed by atoms with Gasteiger partial charge in [-0.2, -0.15) is 0 Å². The van der Waals surface area contributed by atoms with Crippen molar-refractivity contribution in [2.75, 3.05) is 6.54 Å². The molecule has 1 amide bonds. The summed E-state index contributed by atoms with van der Waals surface area (Å²) in [6.07, 6.45) is 6.63. The summed E-state index contributed by atoms with van der Waals surface area (Å²) in [6, 6.07) is 2.36. The molecule has 0 aromatic carbocycles. The van der Waals surface area contributed by atoms with Crippen molar-refractivity contribution < 1.29 is 9.32 Å². The number of hydrazine groups is 1. The molecule has 0 bridgehead atoms. The summed E-state index contributed by atoms with van der Waals surface area (Å²) in [5, 5.41) is 3.74. The highest BCUT2D eigenvalue weighted by Gasteiger charge is 2.35. The van der Waals surface area contributed by atoms with Crippen LogP contribution in [0.2, 0.25) is 0 Å². The Morgan fingerprint density at radius 1 is 1.47 bits per heavy atom. The second-order valence-corrected chi connectivity index (χ2v) is 5.52. The standard InChI is InChI=1S/C13H20N4O2/c14-15-13(18)11-7-10(19-16-11)8-17-6-5-9-3-1-2-4-12(9)17/h7,9,12H,1-6,8,14H2,(H,15,18). The first-order valence-corrected chi connectivity index (χ1v) is 6.98. The van der Waals surface area contributed by atoms with Crippen molar-refractivity contribution in [3.05, 3.63) is 17.5 Å². The number of rotatable bonds is 3. The normalized spacial score (nSPS) is 27.2. The molecule has 104 valence electrons. The van der Waals surface area contributed by atoms with Crippen LogP contribution in [0.3, 0.4) is 0 Å². The van der Waals surface area contributed by atoms with E-state index in [0.29, 0.717) is 6.04 Å². The Bertz CT molecular complexity index is 459. The van der Waals surface area contributed by atoms with Crippen molar-refractivity contribution in [3.63, 3.8) is 0 Å². The predicted molar refractivity (Wildman–Crippen MR) is 68.9 cm³/mol. The monoisotopic (exact) mass is 264 g/mol. The molecule has 2 heterocycles. The Labute approximate surface area is 112 Å². The van der Waals surface area contributed by atoms with E-state index in [1.807, 2.05) is 0 Å². The van der Waals surface area contributed by atoms with Gasteiger partial charge in [-0.05, 0) is 31.7 Å². The number of nitrogen functional groups attached to an aromatic ring is 1. The first kappa shape index (κ1) is 12.6. The molecule has 6 heteroatoms. The lowest BCUT2D eigenvalue weighted by Crippen LogP contribution is -2.34. The van der Waals surface area contributed by atoms with Crippen LogP contribution in [-0.2, 0) is 6.54 Å². The maximum Gasteiger partial charge on any atom is 0.287 e. The van der Waals surface area contributed by atoms with Gasteiger partial charge in [-0.3, -0.25) is 15.1 Å². The molecular formula is C13H20N4O2. The van der Waals surface area contributed by atoms with E-state index in [4.69, 9.17) is 10.4 Å². The fourth-order valence-electron chi connectivity index (χ4n) is 3.47. The van der Waals surface area contributed by atoms with Gasteiger partial charge in [0.05, 0.1) is 6.54 Å². The van der Waals surface area contributed by atoms with Gasteiger partial charge in [0, 0.05) is 12.1 Å². The minimum absolute atomic E-state index is 0.247. The van der Waals surface area contributed by atoms with Gasteiger partial charge in [-0.15, -0.1) is 0 Å². The van der Waals surface area contributed by atoms with Crippen LogP contribution in [0.4, 0.5) is 0 Å². The molecule has 2 unspecified atom stereocenters. The zero-order valence-electron chi connectivity index (χ0n) is 11.0. The van der Waals surface area contributed by atoms with E-state index >= 15 is 0 Å². The summed E-state index contributed by atoms with van der Waals surface area (Å²) in [5.41, 5.74) is 2.31. The Morgan fingerprint density at radius 2 is 2.32 bits per heavy atom. The third-order valence-electron chi connectivity index (χ3n) is 4.41. The van der Waals surface area contributed by atoms with Gasteiger partial charge in [-0.1, -0.05) is 18.0 Å². The van der Waals surface area contributed by atoms with Crippen LogP contribution >= 0.6 is 0 Å². The third kappa shape index (κ3) is 2.50. The highest BCUT2D eigenvalue weighted by atomic mass is 16.5. The van der Waals surface area contributed by atoms with E-state index in [2.05, 4.69) is 15.5 Å². The molecule has 1 saturated carbocycles. The third-order valence-corrected chi connectivity index (χ3v) is 4.41. The minimum atomic E-state index is -0.410. The van der Waals surface area contributed by atoms with E-state index in [-0.39, 0.29) is 5.69 Å². The summed E-state index contributed by atoms with van der Waals surface area (Å²) in [7, 11) is 0. The molecule has 3 rings (SSSR count). The molecule has 3 N–H and O–H groups in total. The lowest BCUT2D eigenvalue weighted by atomic mass is 9.85. The molecule has 0 radical (unpaired) electrons. The van der Waals surface area contributed by atoms with E-state index in [0.717, 1.165) is 24.8 Å². The molecule has 1 aliphatic heterocycles. The lowest BCUT2D eigenvalue weighted by molar-refractivity contribution is 0.0944. The highest BCUT2D eigenvalue weighted by Crippen LogP contribution is 2.36. The van der Waals surface area contributed by atoms with Crippen molar-refractivity contribution in [1.82, 2.24) is 15.5 Å². The Balaban J connectivity index is 1.65. The van der Waals surface area contributed by atoms with E-state index in [9.17, 15) is 4.79 Å². The van der Waals surface area contributed by atoms with Crippen LogP contribution in [0, 0.1) is 5.92 Å². The fourth-order valence-corrected chi connectivity index (χ4v) is 3.47. The Morgan fingerprint density at radius 3 is 3.16 bits per heavy atom. The van der Waals surface area contributed by atoms with Crippen molar-refractivity contribution >= 4 is 5.91 Å². The topological polar surface area (TPSA) is 84.4 Å². The number of aromatic nitrogens is 1. The number of carbonyl (C=O) groups is 1. The maximum absolute atomic E-state index is 11.3. The fraction of sp³-hybridized carbons (Fsp3) is 0.692. The molecule has 2 aliphatic rings. The zero-order valence-corrected chi connectivity index (χ0v) is 11.0. The van der Waals surface area contributed by atoms with Gasteiger partial charge >= 0.3 is 0 Å². The Hall–Kier alpha value is -1.40. The molecule has 1 aliphatic carbocycles. The van der Waals surface area contributed by atoms with E-state index in [1.54, 1.807) is 6.07 Å². The number of carbonyl (C=O) groups excluding carboxylic acids is 1. The second-order valence-electron chi connectivity index (χ2n) is 5.52. The molecule has 6 nitrogen and oxygen atoms in total. The van der Waals surface area contributed by atoms with Crippen LogP contribution in [0.5, 0.6) is 0 Å². The highest BCUT2D eigenvalue weighted by molar-refractivity contribution is 5.91. The van der Waals surface area contributed by atoms with Crippen molar-refractivity contribution in [2.45, 2.75) is 44.7 Å². The van der Waals surface area contributed by atoms with Gasteiger partial charge in [0.15, 0.2) is 11.5 Å². The Kier molecular flexibility index (Phi) is 3.52. The number of nitrogens with one attached hydrogen (secondary N) is 1. The van der Waals surface area contributed by atoms with Gasteiger partial charge in [0.25, 0.3) is 5.91 Å². The number of nitrogens with two attached hydrogens (primary N) is 1. The average Bonchev–Trinajstić information content (AvgIpc) is 3.06. The molecular weight excluding hydrogens is 244 g/mol. The van der Waals surface area contributed by atoms with Gasteiger partial charge < -0.3 is 4.52 Å². The van der Waals surface area contributed by atoms with Crippen LogP contribution in [0.25, 0.3) is 0 Å². The first-order chi connectivity index (χ1) is 9.28. The van der Waals surface area contributed by atoms with Crippen LogP contribution in [0.1, 0.15) is 48.4 Å². The number of amides is 1. The largest absolute Gasteiger partial charge is 0.359 e. The summed E-state index contributed by atoms with van der Waals surface area (Å²) in [5.74, 6) is 6.25. The van der Waals surface area contributed by atoms with Crippen LogP contribution in [-0.4, -0.2) is 28.6 Å². The zero-order chi connectivity index (χ0) is 13.2. The maximum atomic E-state index is 11.3. The smallest absolute Gasteiger partial charge is 0.287 e. The lowest BCUT2D eigenvalue weighted by Gasteiger charge is -2.30. The molecule has 1 saturated heterocycles. The van der Waals surface area contributed by atoms with E-state index < -0.39 is 5.91 Å². The van der Waals surface area contributed by atoms with Crippen molar-refractivity contribution in [3.8, 4) is 0 Å². The molecule has 2 atom stereocenters.